The number of rotatable bonds is 6. The molecule has 0 aliphatic heterocycles. The lowest BCUT2D eigenvalue weighted by Crippen LogP contribution is -2.28. The van der Waals surface area contributed by atoms with Crippen LogP contribution in [0.5, 0.6) is 5.88 Å². The second kappa shape index (κ2) is 8.13. The number of hydrogen-bond donors (Lipinski definition) is 1. The summed E-state index contributed by atoms with van der Waals surface area (Å²) in [6.45, 7) is 5.30. The zero-order valence-electron chi connectivity index (χ0n) is 16.6. The molecule has 0 aromatic carbocycles. The maximum absolute atomic E-state index is 12.8. The standard InChI is InChI=1S/C18H19F3N6O3/c1-9(2)29-14-7-11(5-6-22-14)15-24-17(30-26-15)10(3)23-16(28)12-8-13(18(19,20)21)25-27(12)4/h5-10H,1-4H3,(H,23,28). The maximum atomic E-state index is 12.8. The number of pyridine rings is 1. The number of ether oxygens (including phenoxy) is 1. The molecule has 3 heterocycles. The van der Waals surface area contributed by atoms with Crippen LogP contribution in [0.4, 0.5) is 13.2 Å². The molecule has 0 saturated carbocycles. The maximum Gasteiger partial charge on any atom is 0.435 e. The van der Waals surface area contributed by atoms with Crippen LogP contribution in [0.15, 0.2) is 28.9 Å². The van der Waals surface area contributed by atoms with E-state index in [1.54, 1.807) is 19.1 Å². The summed E-state index contributed by atoms with van der Waals surface area (Å²) < 4.78 is 49.9. The Balaban J connectivity index is 1.73. The van der Waals surface area contributed by atoms with E-state index in [0.717, 1.165) is 4.68 Å². The van der Waals surface area contributed by atoms with Crippen LogP contribution in [-0.4, -0.2) is 36.9 Å². The van der Waals surface area contributed by atoms with Crippen molar-refractivity contribution in [3.8, 4) is 17.3 Å². The summed E-state index contributed by atoms with van der Waals surface area (Å²) in [5.41, 5.74) is -0.811. The molecule has 1 N–H and O–H groups in total. The quantitative estimate of drug-likeness (QED) is 0.648. The summed E-state index contributed by atoms with van der Waals surface area (Å²) in [7, 11) is 1.25. The van der Waals surface area contributed by atoms with Gasteiger partial charge in [0.2, 0.25) is 17.6 Å². The summed E-state index contributed by atoms with van der Waals surface area (Å²) in [6, 6.07) is 3.23. The highest BCUT2D eigenvalue weighted by Gasteiger charge is 2.35. The molecule has 1 unspecified atom stereocenters. The smallest absolute Gasteiger partial charge is 0.435 e. The van der Waals surface area contributed by atoms with Gasteiger partial charge in [-0.3, -0.25) is 9.48 Å². The lowest BCUT2D eigenvalue weighted by molar-refractivity contribution is -0.141. The highest BCUT2D eigenvalue weighted by Crippen LogP contribution is 2.28. The molecular formula is C18H19F3N6O3. The predicted molar refractivity (Wildman–Crippen MR) is 97.4 cm³/mol. The molecule has 3 aromatic heterocycles. The van der Waals surface area contributed by atoms with E-state index >= 15 is 0 Å². The molecule has 1 atom stereocenters. The normalized spacial score (nSPS) is 12.8. The molecule has 12 heteroatoms. The van der Waals surface area contributed by atoms with Gasteiger partial charge in [-0.25, -0.2) is 4.98 Å². The van der Waals surface area contributed by atoms with Crippen LogP contribution in [0.1, 0.15) is 48.9 Å². The molecule has 0 fully saturated rings. The third kappa shape index (κ3) is 4.75. The van der Waals surface area contributed by atoms with E-state index in [-0.39, 0.29) is 23.5 Å². The second-order valence-corrected chi connectivity index (χ2v) is 6.74. The van der Waals surface area contributed by atoms with Gasteiger partial charge >= 0.3 is 6.18 Å². The van der Waals surface area contributed by atoms with Gasteiger partial charge in [-0.05, 0) is 26.8 Å². The fourth-order valence-electron chi connectivity index (χ4n) is 2.53. The van der Waals surface area contributed by atoms with Crippen LogP contribution in [0.2, 0.25) is 0 Å². The van der Waals surface area contributed by atoms with Crippen LogP contribution in [0.3, 0.4) is 0 Å². The minimum Gasteiger partial charge on any atom is -0.475 e. The number of carbonyl (C=O) groups excluding carboxylic acids is 1. The SMILES string of the molecule is CC(C)Oc1cc(-c2noc(C(C)NC(=O)c3cc(C(F)(F)F)nn3C)n2)ccn1. The Morgan fingerprint density at radius 2 is 2.00 bits per heavy atom. The minimum atomic E-state index is -4.65. The molecule has 3 rings (SSSR count). The number of nitrogens with one attached hydrogen (secondary N) is 1. The number of aryl methyl sites for hydroxylation is 1. The number of aromatic nitrogens is 5. The Morgan fingerprint density at radius 3 is 2.63 bits per heavy atom. The zero-order valence-corrected chi connectivity index (χ0v) is 16.6. The molecule has 0 radical (unpaired) electrons. The first-order chi connectivity index (χ1) is 14.0. The highest BCUT2D eigenvalue weighted by atomic mass is 19.4. The van der Waals surface area contributed by atoms with Gasteiger partial charge in [-0.1, -0.05) is 5.16 Å². The summed E-state index contributed by atoms with van der Waals surface area (Å²) in [6.07, 6.45) is -3.17. The Bertz CT molecular complexity index is 1040. The number of carbonyl (C=O) groups is 1. The first kappa shape index (κ1) is 21.3. The van der Waals surface area contributed by atoms with Crippen LogP contribution >= 0.6 is 0 Å². The van der Waals surface area contributed by atoms with Crippen molar-refractivity contribution in [2.45, 2.75) is 39.1 Å². The van der Waals surface area contributed by atoms with Gasteiger partial charge in [-0.2, -0.15) is 23.3 Å². The van der Waals surface area contributed by atoms with Gasteiger partial charge in [0, 0.05) is 30.9 Å². The number of alkyl halides is 3. The molecular weight excluding hydrogens is 405 g/mol. The molecule has 0 aliphatic carbocycles. The molecule has 30 heavy (non-hydrogen) atoms. The van der Waals surface area contributed by atoms with Crippen molar-refractivity contribution in [1.29, 1.82) is 0 Å². The summed E-state index contributed by atoms with van der Waals surface area (Å²) in [5.74, 6) is -0.0298. The van der Waals surface area contributed by atoms with Crippen molar-refractivity contribution in [1.82, 2.24) is 30.2 Å². The van der Waals surface area contributed by atoms with Gasteiger partial charge in [-0.15, -0.1) is 0 Å². The summed E-state index contributed by atoms with van der Waals surface area (Å²) in [4.78, 5) is 20.7. The number of halogens is 3. The Labute approximate surface area is 169 Å². The van der Waals surface area contributed by atoms with E-state index in [1.807, 2.05) is 13.8 Å². The van der Waals surface area contributed by atoms with Gasteiger partial charge in [0.1, 0.15) is 11.7 Å². The van der Waals surface area contributed by atoms with Gasteiger partial charge in [0.25, 0.3) is 5.91 Å². The van der Waals surface area contributed by atoms with E-state index in [1.165, 1.54) is 13.2 Å². The average molecular weight is 424 g/mol. The summed E-state index contributed by atoms with van der Waals surface area (Å²) in [5, 5.41) is 9.71. The lowest BCUT2D eigenvalue weighted by atomic mass is 10.2. The van der Waals surface area contributed by atoms with Crippen molar-refractivity contribution >= 4 is 5.91 Å². The van der Waals surface area contributed by atoms with Gasteiger partial charge in [0.15, 0.2) is 5.69 Å². The molecule has 9 nitrogen and oxygen atoms in total. The van der Waals surface area contributed by atoms with Gasteiger partial charge < -0.3 is 14.6 Å². The Kier molecular flexibility index (Phi) is 5.76. The first-order valence-corrected chi connectivity index (χ1v) is 8.93. The fraction of sp³-hybridized carbons (Fsp3) is 0.389. The lowest BCUT2D eigenvalue weighted by Gasteiger charge is -2.09. The third-order valence-electron chi connectivity index (χ3n) is 3.91. The molecule has 0 saturated heterocycles. The third-order valence-corrected chi connectivity index (χ3v) is 3.91. The molecule has 160 valence electrons. The Morgan fingerprint density at radius 1 is 1.27 bits per heavy atom. The van der Waals surface area contributed by atoms with Crippen molar-refractivity contribution in [3.63, 3.8) is 0 Å². The predicted octanol–water partition coefficient (Wildman–Crippen LogP) is 3.16. The molecule has 0 spiro atoms. The monoisotopic (exact) mass is 424 g/mol. The summed E-state index contributed by atoms with van der Waals surface area (Å²) >= 11 is 0. The molecule has 1 amide bonds. The topological polar surface area (TPSA) is 108 Å². The van der Waals surface area contributed by atoms with Crippen LogP contribution in [-0.2, 0) is 13.2 Å². The van der Waals surface area contributed by atoms with Crippen molar-refractivity contribution in [2.75, 3.05) is 0 Å². The van der Waals surface area contributed by atoms with Crippen LogP contribution in [0, 0.1) is 0 Å². The number of hydrogen-bond acceptors (Lipinski definition) is 7. The first-order valence-electron chi connectivity index (χ1n) is 8.93. The number of nitrogens with zero attached hydrogens (tertiary/aromatic N) is 5. The van der Waals surface area contributed by atoms with Crippen molar-refractivity contribution < 1.29 is 27.2 Å². The molecule has 0 bridgehead atoms. The minimum absolute atomic E-state index is 0.0614. The van der Waals surface area contributed by atoms with Crippen molar-refractivity contribution in [2.24, 2.45) is 7.05 Å². The van der Waals surface area contributed by atoms with Crippen LogP contribution in [0.25, 0.3) is 11.4 Å². The van der Waals surface area contributed by atoms with E-state index in [9.17, 15) is 18.0 Å². The molecule has 0 aliphatic rings. The van der Waals surface area contributed by atoms with E-state index in [2.05, 4.69) is 25.5 Å². The zero-order chi connectivity index (χ0) is 22.1. The van der Waals surface area contributed by atoms with E-state index in [0.29, 0.717) is 17.5 Å². The van der Waals surface area contributed by atoms with Crippen molar-refractivity contribution in [3.05, 3.63) is 41.7 Å². The Hall–Kier alpha value is -3.44. The number of amides is 1. The van der Waals surface area contributed by atoms with E-state index < -0.39 is 23.8 Å². The van der Waals surface area contributed by atoms with Crippen LogP contribution < -0.4 is 10.1 Å². The highest BCUT2D eigenvalue weighted by molar-refractivity contribution is 5.92. The van der Waals surface area contributed by atoms with E-state index in [4.69, 9.17) is 9.26 Å². The van der Waals surface area contributed by atoms with Gasteiger partial charge in [0.05, 0.1) is 6.10 Å². The molecule has 3 aromatic rings. The fourth-order valence-corrected chi connectivity index (χ4v) is 2.53. The largest absolute Gasteiger partial charge is 0.475 e. The second-order valence-electron chi connectivity index (χ2n) is 6.74. The average Bonchev–Trinajstić information content (AvgIpc) is 3.28.